The fourth-order valence-corrected chi connectivity index (χ4v) is 0.673. The van der Waals surface area contributed by atoms with Crippen molar-refractivity contribution in [3.63, 3.8) is 0 Å². The van der Waals surface area contributed by atoms with Crippen LogP contribution in [0.2, 0.25) is 0 Å². The number of aromatic amines is 1. The molecule has 1 N–H and O–H groups in total. The number of aromatic nitrogens is 7. The van der Waals surface area contributed by atoms with E-state index in [1.165, 1.54) is 12.7 Å². The van der Waals surface area contributed by atoms with Gasteiger partial charge in [-0.1, -0.05) is 0 Å². The predicted octanol–water partition coefficient (Wildman–Crippen LogP) is 0.758. The molecule has 7 nitrogen and oxygen atoms in total. The molecule has 0 aliphatic carbocycles. The molecule has 0 unspecified atom stereocenters. The topological polar surface area (TPSA) is 93.1 Å². The molecule has 3 aromatic heterocycles. The summed E-state index contributed by atoms with van der Waals surface area (Å²) in [5.41, 5.74) is 0. The van der Waals surface area contributed by atoms with Crippen molar-refractivity contribution in [2.75, 3.05) is 0 Å². The smallest absolute Gasteiger partial charge is 0.115 e. The largest absolute Gasteiger partial charge is 0.245 e. The lowest BCUT2D eigenvalue weighted by Gasteiger charge is -1.70. The molecule has 3 heterocycles. The van der Waals surface area contributed by atoms with Gasteiger partial charge in [-0.25, -0.2) is 19.9 Å². The highest BCUT2D eigenvalue weighted by atomic mass is 15.3. The Bertz CT molecular complexity index is 327. The van der Waals surface area contributed by atoms with Gasteiger partial charge in [0.1, 0.15) is 12.7 Å². The van der Waals surface area contributed by atoms with Crippen molar-refractivity contribution >= 4 is 0 Å². The molecule has 86 valence electrons. The first-order valence-electron chi connectivity index (χ1n) is 4.70. The number of nitrogens with one attached hydrogen (secondary N) is 1. The van der Waals surface area contributed by atoms with Crippen LogP contribution in [0.25, 0.3) is 0 Å². The highest BCUT2D eigenvalue weighted by Crippen LogP contribution is 1.67. The molecule has 3 rings (SSSR count). The molecule has 17 heavy (non-hydrogen) atoms. The third kappa shape index (κ3) is 8.30. The molecule has 0 atom stereocenters. The molecule has 0 saturated heterocycles. The van der Waals surface area contributed by atoms with Crippen LogP contribution in [0.15, 0.2) is 62.0 Å². The minimum atomic E-state index is 1.50. The van der Waals surface area contributed by atoms with E-state index in [9.17, 15) is 0 Å². The van der Waals surface area contributed by atoms with Gasteiger partial charge < -0.3 is 0 Å². The Kier molecular flexibility index (Phi) is 7.16. The Balaban J connectivity index is 0.000000128. The predicted molar refractivity (Wildman–Crippen MR) is 60.4 cm³/mol. The van der Waals surface area contributed by atoms with Crippen LogP contribution in [0.3, 0.4) is 0 Å². The lowest BCUT2D eigenvalue weighted by atomic mass is 10.7. The van der Waals surface area contributed by atoms with E-state index in [0.717, 1.165) is 0 Å². The van der Waals surface area contributed by atoms with Crippen molar-refractivity contribution in [2.45, 2.75) is 0 Å². The summed E-state index contributed by atoms with van der Waals surface area (Å²) in [5, 5.41) is 9.33. The van der Waals surface area contributed by atoms with Crippen molar-refractivity contribution in [2.24, 2.45) is 0 Å². The van der Waals surface area contributed by atoms with E-state index in [2.05, 4.69) is 35.3 Å². The number of rotatable bonds is 0. The Hall–Kier alpha value is -2.70. The summed E-state index contributed by atoms with van der Waals surface area (Å²) in [4.78, 5) is 14.7. The normalized spacial score (nSPS) is 8.00. The zero-order valence-corrected chi connectivity index (χ0v) is 8.96. The van der Waals surface area contributed by atoms with Gasteiger partial charge in [0.2, 0.25) is 0 Å². The molecule has 0 aliphatic rings. The average molecular weight is 229 g/mol. The van der Waals surface area contributed by atoms with Crippen molar-refractivity contribution in [1.29, 1.82) is 0 Å². The molecular weight excluding hydrogens is 218 g/mol. The second kappa shape index (κ2) is 9.84. The molecule has 0 amide bonds. The van der Waals surface area contributed by atoms with Crippen LogP contribution in [-0.2, 0) is 0 Å². The van der Waals surface area contributed by atoms with E-state index in [1.807, 2.05) is 0 Å². The number of nitrogens with zero attached hydrogens (tertiary/aromatic N) is 6. The van der Waals surface area contributed by atoms with E-state index in [-0.39, 0.29) is 0 Å². The van der Waals surface area contributed by atoms with E-state index in [4.69, 9.17) is 0 Å². The lowest BCUT2D eigenvalue weighted by molar-refractivity contribution is 0.940. The van der Waals surface area contributed by atoms with Crippen molar-refractivity contribution in [3.8, 4) is 0 Å². The first-order chi connectivity index (χ1) is 8.50. The molecule has 0 saturated carbocycles. The third-order valence-corrected chi connectivity index (χ3v) is 1.29. The van der Waals surface area contributed by atoms with Gasteiger partial charge in [-0.15, -0.1) is 0 Å². The SMILES string of the molecule is c1cn[nH]n1.c1cncnc1.c1cncnc1. The summed E-state index contributed by atoms with van der Waals surface area (Å²) >= 11 is 0. The van der Waals surface area contributed by atoms with Crippen LogP contribution in [0.5, 0.6) is 0 Å². The maximum absolute atomic E-state index is 3.67. The van der Waals surface area contributed by atoms with Crippen molar-refractivity contribution in [3.05, 3.63) is 62.0 Å². The highest BCUT2D eigenvalue weighted by molar-refractivity contribution is 4.74. The lowest BCUT2D eigenvalue weighted by Crippen LogP contribution is -1.66. The third-order valence-electron chi connectivity index (χ3n) is 1.29. The van der Waals surface area contributed by atoms with Gasteiger partial charge in [0.05, 0.1) is 12.4 Å². The van der Waals surface area contributed by atoms with Crippen LogP contribution in [0.4, 0.5) is 0 Å². The van der Waals surface area contributed by atoms with Gasteiger partial charge in [0, 0.05) is 24.8 Å². The van der Waals surface area contributed by atoms with E-state index in [1.54, 1.807) is 49.3 Å². The molecule has 0 spiro atoms. The number of hydrogen-bond donors (Lipinski definition) is 1. The summed E-state index contributed by atoms with van der Waals surface area (Å²) < 4.78 is 0. The van der Waals surface area contributed by atoms with E-state index in [0.29, 0.717) is 0 Å². The molecular formula is C10H11N7. The van der Waals surface area contributed by atoms with Crippen LogP contribution in [-0.4, -0.2) is 35.3 Å². The van der Waals surface area contributed by atoms with Crippen LogP contribution in [0.1, 0.15) is 0 Å². The fourth-order valence-electron chi connectivity index (χ4n) is 0.673. The molecule has 0 aromatic carbocycles. The average Bonchev–Trinajstić information content (AvgIpc) is 3.03. The Morgan fingerprint density at radius 1 is 0.529 bits per heavy atom. The van der Waals surface area contributed by atoms with Gasteiger partial charge in [0.25, 0.3) is 0 Å². The summed E-state index contributed by atoms with van der Waals surface area (Å²) in [5.74, 6) is 0. The first-order valence-corrected chi connectivity index (χ1v) is 4.70. The fraction of sp³-hybridized carbons (Fsp3) is 0. The number of hydrogen-bond acceptors (Lipinski definition) is 6. The number of H-pyrrole nitrogens is 1. The molecule has 0 radical (unpaired) electrons. The van der Waals surface area contributed by atoms with E-state index >= 15 is 0 Å². The van der Waals surface area contributed by atoms with Gasteiger partial charge in [-0.05, 0) is 12.1 Å². The quantitative estimate of drug-likeness (QED) is 0.611. The van der Waals surface area contributed by atoms with Crippen molar-refractivity contribution in [1.82, 2.24) is 35.3 Å². The van der Waals surface area contributed by atoms with Crippen LogP contribution in [0, 0.1) is 0 Å². The maximum Gasteiger partial charge on any atom is 0.115 e. The molecule has 7 heteroatoms. The second-order valence-corrected chi connectivity index (χ2v) is 2.46. The van der Waals surface area contributed by atoms with Crippen molar-refractivity contribution < 1.29 is 0 Å². The van der Waals surface area contributed by atoms with Gasteiger partial charge in [0.15, 0.2) is 0 Å². The van der Waals surface area contributed by atoms with Crippen LogP contribution >= 0.6 is 0 Å². The van der Waals surface area contributed by atoms with E-state index < -0.39 is 0 Å². The first kappa shape index (κ1) is 12.4. The highest BCUT2D eigenvalue weighted by Gasteiger charge is 1.59. The second-order valence-electron chi connectivity index (χ2n) is 2.46. The summed E-state index contributed by atoms with van der Waals surface area (Å²) in [6.45, 7) is 0. The molecule has 3 aromatic rings. The van der Waals surface area contributed by atoms with Gasteiger partial charge in [-0.3, -0.25) is 0 Å². The monoisotopic (exact) mass is 229 g/mol. The Labute approximate surface area is 98.0 Å². The Morgan fingerprint density at radius 2 is 0.941 bits per heavy atom. The van der Waals surface area contributed by atoms with Gasteiger partial charge in [-0.2, -0.15) is 15.4 Å². The van der Waals surface area contributed by atoms with Gasteiger partial charge >= 0.3 is 0 Å². The molecule has 0 aliphatic heterocycles. The Morgan fingerprint density at radius 3 is 1.06 bits per heavy atom. The molecule has 0 bridgehead atoms. The standard InChI is InChI=1S/2C4H4N2.C2H3N3/c2*1-2-5-4-6-3-1;1-2-4-5-3-1/h2*1-4H;1-2H,(H,3,4,5). The summed E-state index contributed by atoms with van der Waals surface area (Å²) in [6.07, 6.45) is 12.9. The minimum absolute atomic E-state index is 1.50. The minimum Gasteiger partial charge on any atom is -0.245 e. The molecule has 0 fully saturated rings. The van der Waals surface area contributed by atoms with Crippen LogP contribution < -0.4 is 0 Å². The summed E-state index contributed by atoms with van der Waals surface area (Å²) in [6, 6.07) is 3.56. The maximum atomic E-state index is 3.67. The zero-order chi connectivity index (χ0) is 12.0. The zero-order valence-electron chi connectivity index (χ0n) is 8.96. The summed E-state index contributed by atoms with van der Waals surface area (Å²) in [7, 11) is 0.